The zero-order chi connectivity index (χ0) is 21.6. The van der Waals surface area contributed by atoms with Crippen LogP contribution in [0.4, 0.5) is 5.69 Å². The Bertz CT molecular complexity index is 1000. The Morgan fingerprint density at radius 3 is 2.41 bits per heavy atom. The standard InChI is InChI=1S/C20H25N3O5S/c1-5-29(26,27)23-17-11-7-6-10-16(17)20(25)22-21-19(24)15(4)28-18-12-8-9-13(2)14(18)3/h6-12,15,23H,5H2,1-4H3,(H,21,24)(H,22,25). The minimum absolute atomic E-state index is 0.0768. The molecule has 8 nitrogen and oxygen atoms in total. The van der Waals surface area contributed by atoms with E-state index < -0.39 is 27.9 Å². The second-order valence-electron chi connectivity index (χ2n) is 6.45. The van der Waals surface area contributed by atoms with Gasteiger partial charge in [0, 0.05) is 0 Å². The molecule has 0 saturated carbocycles. The maximum absolute atomic E-state index is 12.4. The average Bonchev–Trinajstić information content (AvgIpc) is 2.69. The molecule has 0 aliphatic rings. The van der Waals surface area contributed by atoms with Gasteiger partial charge in [-0.2, -0.15) is 0 Å². The molecule has 0 saturated heterocycles. The molecular weight excluding hydrogens is 394 g/mol. The third-order valence-corrected chi connectivity index (χ3v) is 5.64. The number of anilines is 1. The summed E-state index contributed by atoms with van der Waals surface area (Å²) in [7, 11) is -3.55. The number of sulfonamides is 1. The summed E-state index contributed by atoms with van der Waals surface area (Å²) in [6.07, 6.45) is -0.857. The van der Waals surface area contributed by atoms with Crippen molar-refractivity contribution in [2.24, 2.45) is 0 Å². The highest BCUT2D eigenvalue weighted by atomic mass is 32.2. The summed E-state index contributed by atoms with van der Waals surface area (Å²) >= 11 is 0. The van der Waals surface area contributed by atoms with E-state index in [9.17, 15) is 18.0 Å². The van der Waals surface area contributed by atoms with E-state index in [1.165, 1.54) is 19.1 Å². The minimum atomic E-state index is -3.55. The number of nitrogens with one attached hydrogen (secondary N) is 3. The molecule has 0 radical (unpaired) electrons. The van der Waals surface area contributed by atoms with E-state index >= 15 is 0 Å². The molecule has 9 heteroatoms. The fourth-order valence-corrected chi connectivity index (χ4v) is 3.05. The number of hydrogen-bond acceptors (Lipinski definition) is 5. The van der Waals surface area contributed by atoms with Gasteiger partial charge in [0.25, 0.3) is 11.8 Å². The molecular formula is C20H25N3O5S. The molecule has 29 heavy (non-hydrogen) atoms. The molecule has 0 aliphatic carbocycles. The normalized spacial score (nSPS) is 12.0. The van der Waals surface area contributed by atoms with Crippen LogP contribution in [-0.4, -0.2) is 32.1 Å². The Hall–Kier alpha value is -3.07. The molecule has 1 atom stereocenters. The van der Waals surface area contributed by atoms with Crippen LogP contribution in [0.2, 0.25) is 0 Å². The van der Waals surface area contributed by atoms with Crippen LogP contribution in [-0.2, 0) is 14.8 Å². The highest BCUT2D eigenvalue weighted by molar-refractivity contribution is 7.92. The van der Waals surface area contributed by atoms with E-state index in [2.05, 4.69) is 15.6 Å². The monoisotopic (exact) mass is 419 g/mol. The van der Waals surface area contributed by atoms with Crippen LogP contribution in [0.3, 0.4) is 0 Å². The van der Waals surface area contributed by atoms with Crippen molar-refractivity contribution >= 4 is 27.5 Å². The van der Waals surface area contributed by atoms with Crippen molar-refractivity contribution in [1.29, 1.82) is 0 Å². The van der Waals surface area contributed by atoms with Crippen LogP contribution in [0.5, 0.6) is 5.75 Å². The lowest BCUT2D eigenvalue weighted by molar-refractivity contribution is -0.128. The zero-order valence-electron chi connectivity index (χ0n) is 16.8. The molecule has 0 spiro atoms. The third-order valence-electron chi connectivity index (χ3n) is 4.34. The molecule has 1 unspecified atom stereocenters. The summed E-state index contributed by atoms with van der Waals surface area (Å²) in [6, 6.07) is 11.6. The van der Waals surface area contributed by atoms with Gasteiger partial charge in [0.2, 0.25) is 10.0 Å². The molecule has 2 aromatic rings. The molecule has 0 bridgehead atoms. The highest BCUT2D eigenvalue weighted by Crippen LogP contribution is 2.21. The molecule has 0 fully saturated rings. The first-order valence-corrected chi connectivity index (χ1v) is 10.7. The molecule has 2 amide bonds. The lowest BCUT2D eigenvalue weighted by Gasteiger charge is -2.18. The summed E-state index contributed by atoms with van der Waals surface area (Å²) in [5, 5.41) is 0. The summed E-state index contributed by atoms with van der Waals surface area (Å²) < 4.78 is 31.6. The van der Waals surface area contributed by atoms with Crippen molar-refractivity contribution in [3.63, 3.8) is 0 Å². The van der Waals surface area contributed by atoms with Crippen LogP contribution in [0.25, 0.3) is 0 Å². The molecule has 0 heterocycles. The van der Waals surface area contributed by atoms with Crippen molar-refractivity contribution in [2.75, 3.05) is 10.5 Å². The van der Waals surface area contributed by atoms with Crippen molar-refractivity contribution in [3.8, 4) is 5.75 Å². The molecule has 0 aliphatic heterocycles. The van der Waals surface area contributed by atoms with E-state index in [0.717, 1.165) is 11.1 Å². The van der Waals surface area contributed by atoms with Gasteiger partial charge in [0.05, 0.1) is 17.0 Å². The van der Waals surface area contributed by atoms with Gasteiger partial charge in [-0.3, -0.25) is 25.2 Å². The Kier molecular flexibility index (Phi) is 7.22. The number of carbonyl (C=O) groups is 2. The fraction of sp³-hybridized carbons (Fsp3) is 0.300. The van der Waals surface area contributed by atoms with Gasteiger partial charge in [-0.05, 0) is 57.0 Å². The Morgan fingerprint density at radius 1 is 1.03 bits per heavy atom. The first kappa shape index (κ1) is 22.2. The number of ether oxygens (including phenoxy) is 1. The van der Waals surface area contributed by atoms with Gasteiger partial charge in [0.15, 0.2) is 6.10 Å². The molecule has 156 valence electrons. The Morgan fingerprint density at radius 2 is 1.72 bits per heavy atom. The summed E-state index contributed by atoms with van der Waals surface area (Å²) in [6.45, 7) is 6.89. The third kappa shape index (κ3) is 5.95. The van der Waals surface area contributed by atoms with Crippen molar-refractivity contribution in [3.05, 3.63) is 59.2 Å². The maximum Gasteiger partial charge on any atom is 0.279 e. The number of amides is 2. The van der Waals surface area contributed by atoms with Crippen LogP contribution in [0.15, 0.2) is 42.5 Å². The van der Waals surface area contributed by atoms with Crippen LogP contribution < -0.4 is 20.3 Å². The van der Waals surface area contributed by atoms with E-state index in [4.69, 9.17) is 4.74 Å². The fourth-order valence-electron chi connectivity index (χ4n) is 2.39. The highest BCUT2D eigenvalue weighted by Gasteiger charge is 2.19. The number of para-hydroxylation sites is 1. The van der Waals surface area contributed by atoms with Gasteiger partial charge in [-0.15, -0.1) is 0 Å². The van der Waals surface area contributed by atoms with Crippen LogP contribution in [0.1, 0.15) is 35.3 Å². The number of benzene rings is 2. The summed E-state index contributed by atoms with van der Waals surface area (Å²) in [5.74, 6) is -0.761. The largest absolute Gasteiger partial charge is 0.481 e. The summed E-state index contributed by atoms with van der Waals surface area (Å²) in [5.41, 5.74) is 6.74. The molecule has 2 aromatic carbocycles. The minimum Gasteiger partial charge on any atom is -0.481 e. The maximum atomic E-state index is 12.4. The topological polar surface area (TPSA) is 114 Å². The van der Waals surface area contributed by atoms with Gasteiger partial charge >= 0.3 is 0 Å². The lowest BCUT2D eigenvalue weighted by Crippen LogP contribution is -2.47. The van der Waals surface area contributed by atoms with Crippen LogP contribution >= 0.6 is 0 Å². The predicted octanol–water partition coefficient (Wildman–Crippen LogP) is 2.29. The SMILES string of the molecule is CCS(=O)(=O)Nc1ccccc1C(=O)NNC(=O)C(C)Oc1cccc(C)c1C. The van der Waals surface area contributed by atoms with Crippen molar-refractivity contribution in [1.82, 2.24) is 10.9 Å². The van der Waals surface area contributed by atoms with Crippen LogP contribution in [0, 0.1) is 13.8 Å². The number of hydrazine groups is 1. The second kappa shape index (κ2) is 9.42. The zero-order valence-corrected chi connectivity index (χ0v) is 17.6. The smallest absolute Gasteiger partial charge is 0.279 e. The molecule has 3 N–H and O–H groups in total. The Labute approximate surface area is 170 Å². The molecule has 0 aromatic heterocycles. The first-order valence-electron chi connectivity index (χ1n) is 9.07. The first-order chi connectivity index (χ1) is 13.6. The lowest BCUT2D eigenvalue weighted by atomic mass is 10.1. The number of rotatable bonds is 7. The van der Waals surface area contributed by atoms with E-state index in [1.807, 2.05) is 26.0 Å². The Balaban J connectivity index is 2.02. The van der Waals surface area contributed by atoms with Crippen molar-refractivity contribution in [2.45, 2.75) is 33.8 Å². The van der Waals surface area contributed by atoms with Gasteiger partial charge < -0.3 is 4.74 Å². The van der Waals surface area contributed by atoms with Gasteiger partial charge in [-0.25, -0.2) is 8.42 Å². The molecule has 2 rings (SSSR count). The quantitative estimate of drug-likeness (QED) is 0.596. The van der Waals surface area contributed by atoms with Crippen molar-refractivity contribution < 1.29 is 22.7 Å². The van der Waals surface area contributed by atoms with E-state index in [0.29, 0.717) is 5.75 Å². The van der Waals surface area contributed by atoms with Gasteiger partial charge in [0.1, 0.15) is 5.75 Å². The summed E-state index contributed by atoms with van der Waals surface area (Å²) in [4.78, 5) is 24.7. The van der Waals surface area contributed by atoms with E-state index in [-0.39, 0.29) is 17.0 Å². The number of hydrogen-bond donors (Lipinski definition) is 3. The predicted molar refractivity (Wildman–Crippen MR) is 111 cm³/mol. The second-order valence-corrected chi connectivity index (χ2v) is 8.46. The number of aryl methyl sites for hydroxylation is 1. The van der Waals surface area contributed by atoms with E-state index in [1.54, 1.807) is 25.1 Å². The number of carbonyl (C=O) groups excluding carboxylic acids is 2. The average molecular weight is 420 g/mol. The van der Waals surface area contributed by atoms with Gasteiger partial charge in [-0.1, -0.05) is 24.3 Å².